The molecule has 2 aliphatic heterocycles. The van der Waals surface area contributed by atoms with Crippen molar-refractivity contribution in [3.8, 4) is 0 Å². The van der Waals surface area contributed by atoms with E-state index < -0.39 is 40.8 Å². The van der Waals surface area contributed by atoms with E-state index in [4.69, 9.17) is 9.47 Å². The lowest BCUT2D eigenvalue weighted by Gasteiger charge is -2.43. The van der Waals surface area contributed by atoms with Gasteiger partial charge in [-0.25, -0.2) is 4.79 Å². The molecule has 0 radical (unpaired) electrons. The fourth-order valence-electron chi connectivity index (χ4n) is 4.27. The van der Waals surface area contributed by atoms with Gasteiger partial charge in [0.2, 0.25) is 5.72 Å². The fourth-order valence-corrected chi connectivity index (χ4v) is 4.54. The average Bonchev–Trinajstić information content (AvgIpc) is 2.81. The Morgan fingerprint density at radius 2 is 1.76 bits per heavy atom. The monoisotopic (exact) mass is 466 g/mol. The normalized spacial score (nSPS) is 28.1. The van der Waals surface area contributed by atoms with Gasteiger partial charge in [-0.1, -0.05) is 15.9 Å². The lowest BCUT2D eigenvalue weighted by molar-refractivity contribution is -0.169. The van der Waals surface area contributed by atoms with E-state index in [2.05, 4.69) is 21.2 Å². The van der Waals surface area contributed by atoms with Crippen LogP contribution >= 0.6 is 15.9 Å². The Hall–Kier alpha value is -2.72. The van der Waals surface area contributed by atoms with Crippen molar-refractivity contribution in [2.45, 2.75) is 25.1 Å². The summed E-state index contributed by atoms with van der Waals surface area (Å²) in [5.41, 5.74) is -4.67. The van der Waals surface area contributed by atoms with Crippen molar-refractivity contribution < 1.29 is 33.8 Å². The van der Waals surface area contributed by atoms with Crippen molar-refractivity contribution in [2.24, 2.45) is 5.92 Å². The highest BCUT2D eigenvalue weighted by Gasteiger charge is 2.78. The maximum atomic E-state index is 13.4. The number of nitrogens with one attached hydrogen (secondary N) is 1. The first-order chi connectivity index (χ1) is 13.6. The van der Waals surface area contributed by atoms with E-state index in [1.54, 1.807) is 12.1 Å². The van der Waals surface area contributed by atoms with Crippen molar-refractivity contribution in [3.05, 3.63) is 40.0 Å². The van der Waals surface area contributed by atoms with Crippen LogP contribution in [0.25, 0.3) is 0 Å². The number of anilines is 1. The topological polar surface area (TPSA) is 122 Å². The molecule has 2 bridgehead atoms. The summed E-state index contributed by atoms with van der Waals surface area (Å²) in [7, 11) is 2.13. The molecular weight excluding hydrogens is 448 g/mol. The molecular formula is C19H19BrN2O7. The van der Waals surface area contributed by atoms with Gasteiger partial charge in [0.1, 0.15) is 0 Å². The zero-order valence-corrected chi connectivity index (χ0v) is 17.7. The number of carbonyl (C=O) groups is 4. The Morgan fingerprint density at radius 3 is 2.24 bits per heavy atom. The minimum atomic E-state index is -2.52. The van der Waals surface area contributed by atoms with Gasteiger partial charge in [-0.05, 0) is 38.1 Å². The molecule has 29 heavy (non-hydrogen) atoms. The number of halogens is 1. The molecule has 9 nitrogen and oxygen atoms in total. The molecule has 10 heteroatoms. The number of amides is 1. The predicted molar refractivity (Wildman–Crippen MR) is 103 cm³/mol. The Kier molecular flexibility index (Phi) is 5.04. The van der Waals surface area contributed by atoms with Crippen LogP contribution in [0.15, 0.2) is 40.0 Å². The minimum Gasteiger partial charge on any atom is -0.469 e. The third-order valence-corrected chi connectivity index (χ3v) is 5.75. The summed E-state index contributed by atoms with van der Waals surface area (Å²) in [6.07, 6.45) is 0. The number of Topliss-reactive ketones (excluding diaryl/α,β-unsaturated/α-hetero) is 1. The molecule has 3 atom stereocenters. The SMILES string of the molecule is COC(=O)C1C2(O)NC(C)=C(C(C)=O)C1(C(=O)OC)N(c1ccc(Br)cc1)C2=O. The van der Waals surface area contributed by atoms with Crippen molar-refractivity contribution in [1.82, 2.24) is 5.32 Å². The number of hydrogen-bond donors (Lipinski definition) is 2. The van der Waals surface area contributed by atoms with Crippen LogP contribution in [0.1, 0.15) is 13.8 Å². The number of fused-ring (bicyclic) bond motifs is 2. The molecule has 1 saturated heterocycles. The van der Waals surface area contributed by atoms with E-state index in [0.29, 0.717) is 4.47 Å². The van der Waals surface area contributed by atoms with Gasteiger partial charge in [0, 0.05) is 15.9 Å². The van der Waals surface area contributed by atoms with Gasteiger partial charge in [0.15, 0.2) is 17.2 Å². The number of hydrogen-bond acceptors (Lipinski definition) is 8. The standard InChI is InChI=1S/C19H19BrN2O7/c1-9-13(10(2)23)18(17(26)29-4)14(15(24)28-3)19(27,21-9)16(25)22(18)12-7-5-11(20)6-8-12/h5-8,14,21,27H,1-4H3. The first kappa shape index (κ1) is 21.0. The molecule has 154 valence electrons. The maximum Gasteiger partial charge on any atom is 0.338 e. The zero-order valence-electron chi connectivity index (χ0n) is 16.1. The van der Waals surface area contributed by atoms with Crippen molar-refractivity contribution in [3.63, 3.8) is 0 Å². The Morgan fingerprint density at radius 1 is 1.17 bits per heavy atom. The largest absolute Gasteiger partial charge is 0.469 e. The summed E-state index contributed by atoms with van der Waals surface area (Å²) in [5.74, 6) is -5.45. The molecule has 3 rings (SSSR count). The fraction of sp³-hybridized carbons (Fsp3) is 0.368. The molecule has 0 saturated carbocycles. The summed E-state index contributed by atoms with van der Waals surface area (Å²) in [5, 5.41) is 13.8. The van der Waals surface area contributed by atoms with Crippen LogP contribution in [0, 0.1) is 5.92 Å². The molecule has 1 fully saturated rings. The van der Waals surface area contributed by atoms with E-state index in [0.717, 1.165) is 19.1 Å². The van der Waals surface area contributed by atoms with Crippen LogP contribution in [-0.2, 0) is 28.7 Å². The van der Waals surface area contributed by atoms with Gasteiger partial charge >= 0.3 is 11.9 Å². The van der Waals surface area contributed by atoms with Crippen molar-refractivity contribution >= 4 is 45.2 Å². The number of methoxy groups -OCH3 is 2. The Bertz CT molecular complexity index is 958. The second-order valence-electron chi connectivity index (χ2n) is 6.78. The quantitative estimate of drug-likeness (QED) is 0.620. The van der Waals surface area contributed by atoms with Crippen LogP contribution in [0.4, 0.5) is 5.69 Å². The number of aliphatic hydroxyl groups is 1. The lowest BCUT2D eigenvalue weighted by atomic mass is 9.70. The first-order valence-electron chi connectivity index (χ1n) is 8.56. The number of ketones is 1. The Labute approximate surface area is 174 Å². The highest BCUT2D eigenvalue weighted by molar-refractivity contribution is 9.10. The Balaban J connectivity index is 2.47. The molecule has 1 aromatic rings. The number of allylic oxidation sites excluding steroid dienone is 1. The number of benzene rings is 1. The number of nitrogens with zero attached hydrogens (tertiary/aromatic N) is 1. The molecule has 1 amide bonds. The molecule has 2 heterocycles. The highest BCUT2D eigenvalue weighted by atomic mass is 79.9. The van der Waals surface area contributed by atoms with Gasteiger partial charge in [-0.3, -0.25) is 19.3 Å². The van der Waals surface area contributed by atoms with Gasteiger partial charge < -0.3 is 19.9 Å². The maximum absolute atomic E-state index is 13.4. The van der Waals surface area contributed by atoms with E-state index >= 15 is 0 Å². The van der Waals surface area contributed by atoms with E-state index in [1.165, 1.54) is 26.0 Å². The van der Waals surface area contributed by atoms with Crippen molar-refractivity contribution in [1.29, 1.82) is 0 Å². The molecule has 0 aliphatic carbocycles. The van der Waals surface area contributed by atoms with E-state index in [1.807, 2.05) is 0 Å². The summed E-state index contributed by atoms with van der Waals surface area (Å²) in [6, 6.07) is 6.26. The number of rotatable bonds is 4. The molecule has 0 spiro atoms. The minimum absolute atomic E-state index is 0.0820. The second kappa shape index (κ2) is 6.96. The van der Waals surface area contributed by atoms with Crippen LogP contribution in [-0.4, -0.2) is 54.2 Å². The van der Waals surface area contributed by atoms with Crippen LogP contribution in [0.3, 0.4) is 0 Å². The summed E-state index contributed by atoms with van der Waals surface area (Å²) in [6.45, 7) is 2.64. The summed E-state index contributed by atoms with van der Waals surface area (Å²) < 4.78 is 10.5. The van der Waals surface area contributed by atoms with Crippen LogP contribution in [0.2, 0.25) is 0 Å². The smallest absolute Gasteiger partial charge is 0.338 e. The summed E-state index contributed by atoms with van der Waals surface area (Å²) >= 11 is 3.29. The summed E-state index contributed by atoms with van der Waals surface area (Å²) in [4.78, 5) is 53.0. The van der Waals surface area contributed by atoms with E-state index in [9.17, 15) is 24.3 Å². The second-order valence-corrected chi connectivity index (χ2v) is 7.69. The molecule has 0 aromatic heterocycles. The first-order valence-corrected chi connectivity index (χ1v) is 9.36. The van der Waals surface area contributed by atoms with Gasteiger partial charge in [-0.15, -0.1) is 0 Å². The predicted octanol–water partition coefficient (Wildman–Crippen LogP) is 0.652. The highest BCUT2D eigenvalue weighted by Crippen LogP contribution is 2.53. The van der Waals surface area contributed by atoms with Crippen LogP contribution < -0.4 is 10.2 Å². The van der Waals surface area contributed by atoms with Gasteiger partial charge in [0.05, 0.1) is 19.8 Å². The average molecular weight is 467 g/mol. The molecule has 2 N–H and O–H groups in total. The third-order valence-electron chi connectivity index (χ3n) is 5.22. The molecule has 3 unspecified atom stereocenters. The van der Waals surface area contributed by atoms with Gasteiger partial charge in [-0.2, -0.15) is 0 Å². The third kappa shape index (κ3) is 2.62. The van der Waals surface area contributed by atoms with Crippen molar-refractivity contribution in [2.75, 3.05) is 19.1 Å². The van der Waals surface area contributed by atoms with Gasteiger partial charge in [0.25, 0.3) is 5.91 Å². The van der Waals surface area contributed by atoms with E-state index in [-0.39, 0.29) is 17.0 Å². The number of esters is 2. The number of ether oxygens (including phenoxy) is 2. The number of carbonyl (C=O) groups excluding carboxylic acids is 4. The zero-order chi connectivity index (χ0) is 21.7. The molecule has 1 aromatic carbocycles. The van der Waals surface area contributed by atoms with Crippen LogP contribution in [0.5, 0.6) is 0 Å². The lowest BCUT2D eigenvalue weighted by Crippen LogP contribution is -2.67. The molecule has 2 aliphatic rings.